The second kappa shape index (κ2) is 10.1. The lowest BCUT2D eigenvalue weighted by molar-refractivity contribution is 0.0314. The smallest absolute Gasteiger partial charge is 0.290 e. The maximum Gasteiger partial charge on any atom is 0.290 e. The van der Waals surface area contributed by atoms with Crippen molar-refractivity contribution in [1.82, 2.24) is 9.80 Å². The van der Waals surface area contributed by atoms with Crippen LogP contribution in [0.4, 0.5) is 0 Å². The van der Waals surface area contributed by atoms with Crippen LogP contribution in [0.1, 0.15) is 34.6 Å². The van der Waals surface area contributed by atoms with Gasteiger partial charge in [-0.05, 0) is 36.1 Å². The molecule has 0 saturated carbocycles. The van der Waals surface area contributed by atoms with Crippen LogP contribution >= 0.6 is 0 Å². The van der Waals surface area contributed by atoms with E-state index in [0.717, 1.165) is 29.4 Å². The largest absolute Gasteiger partial charge is 0.493 e. The first-order valence-corrected chi connectivity index (χ1v) is 13.0. The van der Waals surface area contributed by atoms with Crippen LogP contribution in [0.25, 0.3) is 21.7 Å². The number of hydrogen-bond donors (Lipinski definition) is 0. The van der Waals surface area contributed by atoms with Gasteiger partial charge in [0.15, 0.2) is 16.9 Å². The Kier molecular flexibility index (Phi) is 6.51. The Morgan fingerprint density at radius 3 is 2.55 bits per heavy atom. The van der Waals surface area contributed by atoms with Gasteiger partial charge in [0.05, 0.1) is 43.9 Å². The molecule has 0 N–H and O–H groups in total. The van der Waals surface area contributed by atoms with Crippen LogP contribution in [0.5, 0.6) is 11.5 Å². The van der Waals surface area contributed by atoms with Crippen molar-refractivity contribution in [3.8, 4) is 11.5 Å². The zero-order valence-electron chi connectivity index (χ0n) is 21.6. The molecule has 38 heavy (non-hydrogen) atoms. The number of fused-ring (bicyclic) bond motifs is 4. The monoisotopic (exact) mass is 514 g/mol. The lowest BCUT2D eigenvalue weighted by atomic mass is 9.97. The first-order chi connectivity index (χ1) is 18.6. The molecular formula is C30H30N2O6. The fourth-order valence-electron chi connectivity index (χ4n) is 5.53. The maximum atomic E-state index is 14.0. The van der Waals surface area contributed by atoms with Crippen molar-refractivity contribution in [3.05, 3.63) is 81.7 Å². The quantitative estimate of drug-likeness (QED) is 0.342. The van der Waals surface area contributed by atoms with Gasteiger partial charge >= 0.3 is 0 Å². The van der Waals surface area contributed by atoms with Gasteiger partial charge < -0.3 is 23.5 Å². The highest BCUT2D eigenvalue weighted by atomic mass is 16.5. The van der Waals surface area contributed by atoms with Crippen LogP contribution in [-0.4, -0.2) is 68.8 Å². The SMILES string of the molecule is CCOc1ccc(C2c3c(oc4c(ccc5ccccc54)c3=O)C(=O)N2CCN2CCOCC2)cc1OC. The molecule has 1 saturated heterocycles. The van der Waals surface area contributed by atoms with E-state index in [2.05, 4.69) is 4.90 Å². The summed E-state index contributed by atoms with van der Waals surface area (Å²) in [5, 5.41) is 2.22. The lowest BCUT2D eigenvalue weighted by Gasteiger charge is -2.31. The minimum absolute atomic E-state index is 0.110. The minimum Gasteiger partial charge on any atom is -0.493 e. The van der Waals surface area contributed by atoms with Crippen molar-refractivity contribution in [2.24, 2.45) is 0 Å². The van der Waals surface area contributed by atoms with Crippen molar-refractivity contribution < 1.29 is 23.4 Å². The van der Waals surface area contributed by atoms with Crippen LogP contribution in [0.2, 0.25) is 0 Å². The summed E-state index contributed by atoms with van der Waals surface area (Å²) in [6.07, 6.45) is 0. The Morgan fingerprint density at radius 1 is 0.947 bits per heavy atom. The molecule has 4 aromatic rings. The molecule has 1 atom stereocenters. The van der Waals surface area contributed by atoms with E-state index in [-0.39, 0.29) is 17.1 Å². The van der Waals surface area contributed by atoms with Gasteiger partial charge in [0, 0.05) is 31.6 Å². The van der Waals surface area contributed by atoms with Gasteiger partial charge in [-0.15, -0.1) is 0 Å². The van der Waals surface area contributed by atoms with Crippen LogP contribution in [0.15, 0.2) is 63.8 Å². The number of rotatable bonds is 7. The number of nitrogens with zero attached hydrogens (tertiary/aromatic N) is 2. The molecule has 3 aromatic carbocycles. The molecule has 0 aliphatic carbocycles. The Morgan fingerprint density at radius 2 is 1.76 bits per heavy atom. The molecule has 1 fully saturated rings. The van der Waals surface area contributed by atoms with E-state index in [1.807, 2.05) is 55.5 Å². The number of carbonyl (C=O) groups is 1. The summed E-state index contributed by atoms with van der Waals surface area (Å²) >= 11 is 0. The molecule has 1 unspecified atom stereocenters. The molecule has 1 aromatic heterocycles. The molecule has 8 nitrogen and oxygen atoms in total. The van der Waals surface area contributed by atoms with Crippen molar-refractivity contribution >= 4 is 27.6 Å². The highest BCUT2D eigenvalue weighted by Gasteiger charge is 2.43. The van der Waals surface area contributed by atoms with Crippen molar-refractivity contribution in [2.75, 3.05) is 53.1 Å². The van der Waals surface area contributed by atoms with E-state index in [9.17, 15) is 9.59 Å². The summed E-state index contributed by atoms with van der Waals surface area (Å²) in [6.45, 7) is 6.48. The normalized spacial score (nSPS) is 17.8. The Hall–Kier alpha value is -3.88. The van der Waals surface area contributed by atoms with Gasteiger partial charge in [0.2, 0.25) is 5.76 Å². The van der Waals surface area contributed by atoms with Crippen LogP contribution in [0, 0.1) is 0 Å². The number of amides is 1. The summed E-state index contributed by atoms with van der Waals surface area (Å²) in [5.41, 5.74) is 1.39. The van der Waals surface area contributed by atoms with Gasteiger partial charge in [-0.3, -0.25) is 14.5 Å². The molecule has 0 bridgehead atoms. The zero-order chi connectivity index (χ0) is 26.2. The molecule has 196 valence electrons. The van der Waals surface area contributed by atoms with Gasteiger partial charge in [-0.25, -0.2) is 0 Å². The Balaban J connectivity index is 1.50. The number of carbonyl (C=O) groups excluding carboxylic acids is 1. The third-order valence-corrected chi connectivity index (χ3v) is 7.42. The van der Waals surface area contributed by atoms with Crippen LogP contribution < -0.4 is 14.9 Å². The standard InChI is InChI=1S/C30H30N2O6/c1-3-37-23-11-9-20(18-24(23)35-2)26-25-27(33)22-10-8-19-6-4-5-7-21(19)28(22)38-29(25)30(34)32(26)13-12-31-14-16-36-17-15-31/h4-11,18,26H,3,12-17H2,1-2H3. The van der Waals surface area contributed by atoms with Crippen molar-refractivity contribution in [1.29, 1.82) is 0 Å². The summed E-state index contributed by atoms with van der Waals surface area (Å²) in [5.74, 6) is 0.992. The fraction of sp³-hybridized carbons (Fsp3) is 0.333. The predicted molar refractivity (Wildman–Crippen MR) is 144 cm³/mol. The average molecular weight is 515 g/mol. The van der Waals surface area contributed by atoms with Gasteiger partial charge in [0.1, 0.15) is 5.58 Å². The molecule has 1 amide bonds. The van der Waals surface area contributed by atoms with Crippen LogP contribution in [0.3, 0.4) is 0 Å². The maximum absolute atomic E-state index is 14.0. The third kappa shape index (κ3) is 4.10. The molecule has 0 spiro atoms. The molecule has 8 heteroatoms. The number of methoxy groups -OCH3 is 1. The Labute approximate surface area is 220 Å². The Bertz CT molecular complexity index is 1570. The fourth-order valence-corrected chi connectivity index (χ4v) is 5.53. The van der Waals surface area contributed by atoms with E-state index in [4.69, 9.17) is 18.6 Å². The first-order valence-electron chi connectivity index (χ1n) is 13.0. The molecular weight excluding hydrogens is 484 g/mol. The minimum atomic E-state index is -0.602. The first kappa shape index (κ1) is 24.5. The highest BCUT2D eigenvalue weighted by molar-refractivity contribution is 6.06. The second-order valence-corrected chi connectivity index (χ2v) is 9.54. The van der Waals surface area contributed by atoms with E-state index in [1.54, 1.807) is 18.1 Å². The third-order valence-electron chi connectivity index (χ3n) is 7.42. The summed E-state index contributed by atoms with van der Waals surface area (Å²) < 4.78 is 23.1. The lowest BCUT2D eigenvalue weighted by Crippen LogP contribution is -2.42. The topological polar surface area (TPSA) is 81.5 Å². The van der Waals surface area contributed by atoms with Gasteiger partial charge in [0.25, 0.3) is 5.91 Å². The zero-order valence-corrected chi connectivity index (χ0v) is 21.6. The van der Waals surface area contributed by atoms with Gasteiger partial charge in [-0.2, -0.15) is 0 Å². The molecule has 3 heterocycles. The highest BCUT2D eigenvalue weighted by Crippen LogP contribution is 2.41. The second-order valence-electron chi connectivity index (χ2n) is 9.54. The summed E-state index contributed by atoms with van der Waals surface area (Å²) in [6, 6.07) is 16.4. The van der Waals surface area contributed by atoms with E-state index in [1.165, 1.54) is 0 Å². The number of morpholine rings is 1. The number of hydrogen-bond acceptors (Lipinski definition) is 7. The molecule has 6 rings (SSSR count). The van der Waals surface area contributed by atoms with E-state index < -0.39 is 6.04 Å². The van der Waals surface area contributed by atoms with E-state index >= 15 is 0 Å². The molecule has 2 aliphatic rings. The number of benzene rings is 3. The summed E-state index contributed by atoms with van der Waals surface area (Å²) in [4.78, 5) is 32.0. The number of ether oxygens (including phenoxy) is 3. The molecule has 0 radical (unpaired) electrons. The summed E-state index contributed by atoms with van der Waals surface area (Å²) in [7, 11) is 1.58. The van der Waals surface area contributed by atoms with E-state index in [0.29, 0.717) is 60.9 Å². The predicted octanol–water partition coefficient (Wildman–Crippen LogP) is 4.23. The average Bonchev–Trinajstić information content (AvgIpc) is 3.24. The van der Waals surface area contributed by atoms with Crippen molar-refractivity contribution in [3.63, 3.8) is 0 Å². The van der Waals surface area contributed by atoms with Gasteiger partial charge in [-0.1, -0.05) is 36.4 Å². The molecule has 2 aliphatic heterocycles. The van der Waals surface area contributed by atoms with Crippen LogP contribution in [-0.2, 0) is 4.74 Å². The van der Waals surface area contributed by atoms with Crippen molar-refractivity contribution in [2.45, 2.75) is 13.0 Å².